The number of hydrogen-bond donors (Lipinski definition) is 0. The molecule has 1 aliphatic rings. The first-order valence-corrected chi connectivity index (χ1v) is 4.49. The van der Waals surface area contributed by atoms with E-state index >= 15 is 0 Å². The zero-order valence-corrected chi connectivity index (χ0v) is 9.19. The van der Waals surface area contributed by atoms with Crippen LogP contribution < -0.4 is 0 Å². The van der Waals surface area contributed by atoms with E-state index in [-0.39, 0.29) is 0 Å². The molecule has 0 aromatic rings. The average molecular weight is 366 g/mol. The fourth-order valence-corrected chi connectivity index (χ4v) is 1.44. The van der Waals surface area contributed by atoms with Gasteiger partial charge in [-0.15, -0.1) is 0 Å². The van der Waals surface area contributed by atoms with Gasteiger partial charge in [-0.1, -0.05) is 10.0 Å². The molecule has 1 rings (SSSR count). The summed E-state index contributed by atoms with van der Waals surface area (Å²) in [6, 6.07) is -14.7. The molecule has 0 spiro atoms. The molecule has 0 unspecified atom stereocenters. The van der Waals surface area contributed by atoms with E-state index in [1.54, 1.807) is 0 Å². The molecule has 1 aliphatic heterocycles. The number of hydrazine groups is 1. The first kappa shape index (κ1) is 19.0. The Bertz CT molecular complexity index is 403. The zero-order chi connectivity index (χ0) is 18.2. The SMILES string of the molecule is FC(F)(F)N1N(C(F)(F)F)C(F)(F)C(F)(F)C(F)(F)C1(F)F. The topological polar surface area (TPSA) is 6.48 Å². The fourth-order valence-electron chi connectivity index (χ4n) is 1.44. The molecule has 22 heavy (non-hydrogen) atoms. The molecule has 0 aromatic carbocycles. The maximum Gasteiger partial charge on any atom is 0.479 e. The normalized spacial score (nSPS) is 28.6. The quantitative estimate of drug-likeness (QED) is 0.472. The van der Waals surface area contributed by atoms with Crippen molar-refractivity contribution in [1.82, 2.24) is 10.0 Å². The van der Waals surface area contributed by atoms with Crippen LogP contribution in [0.2, 0.25) is 0 Å². The van der Waals surface area contributed by atoms with Crippen LogP contribution in [0.15, 0.2) is 0 Å². The lowest BCUT2D eigenvalue weighted by Crippen LogP contribution is -2.84. The predicted molar refractivity (Wildman–Crippen MR) is 35.6 cm³/mol. The Hall–Kier alpha value is -1.06. The lowest BCUT2D eigenvalue weighted by atomic mass is 10.0. The van der Waals surface area contributed by atoms with Crippen LogP contribution in [0.1, 0.15) is 0 Å². The molecule has 16 heteroatoms. The van der Waals surface area contributed by atoms with Gasteiger partial charge < -0.3 is 0 Å². The lowest BCUT2D eigenvalue weighted by Gasteiger charge is -2.52. The summed E-state index contributed by atoms with van der Waals surface area (Å²) in [5.41, 5.74) is 0. The standard InChI is InChI=1S/C6F14N2/c7-1(8)2(9,10)4(13,14)22(6(18,19)20)21(3(1,11)12)5(15,16)17. The highest BCUT2D eigenvalue weighted by Crippen LogP contribution is 2.63. The van der Waals surface area contributed by atoms with Gasteiger partial charge in [0.25, 0.3) is 0 Å². The Labute approximate surface area is 109 Å². The first-order chi connectivity index (χ1) is 9.24. The first-order valence-electron chi connectivity index (χ1n) is 4.49. The largest absolute Gasteiger partial charge is 0.479 e. The number of rotatable bonds is 0. The van der Waals surface area contributed by atoms with Crippen molar-refractivity contribution in [1.29, 1.82) is 0 Å². The van der Waals surface area contributed by atoms with E-state index in [9.17, 15) is 61.5 Å². The number of nitrogens with zero attached hydrogens (tertiary/aromatic N) is 2. The van der Waals surface area contributed by atoms with Crippen LogP contribution in [0.5, 0.6) is 0 Å². The van der Waals surface area contributed by atoms with Crippen molar-refractivity contribution in [2.75, 3.05) is 0 Å². The number of hydrogen-bond acceptors (Lipinski definition) is 2. The minimum absolute atomic E-state index is 3.77. The van der Waals surface area contributed by atoms with Gasteiger partial charge in [0.15, 0.2) is 0 Å². The van der Waals surface area contributed by atoms with Crippen molar-refractivity contribution in [2.24, 2.45) is 0 Å². The van der Waals surface area contributed by atoms with Crippen molar-refractivity contribution >= 4 is 0 Å². The molecule has 0 bridgehead atoms. The summed E-state index contributed by atoms with van der Waals surface area (Å²) >= 11 is 0. The molecule has 2 nitrogen and oxygen atoms in total. The minimum atomic E-state index is -7.47. The van der Waals surface area contributed by atoms with E-state index in [4.69, 9.17) is 0 Å². The van der Waals surface area contributed by atoms with Gasteiger partial charge in [-0.3, -0.25) is 0 Å². The highest BCUT2D eigenvalue weighted by molar-refractivity contribution is 5.08. The second kappa shape index (κ2) is 4.27. The van der Waals surface area contributed by atoms with Gasteiger partial charge in [0.1, 0.15) is 0 Å². The van der Waals surface area contributed by atoms with Crippen LogP contribution in [-0.4, -0.2) is 46.6 Å². The van der Waals surface area contributed by atoms with E-state index < -0.39 is 46.6 Å². The van der Waals surface area contributed by atoms with Crippen molar-refractivity contribution in [3.8, 4) is 0 Å². The highest BCUT2D eigenvalue weighted by Gasteiger charge is 2.94. The third-order valence-corrected chi connectivity index (χ3v) is 2.36. The maximum absolute atomic E-state index is 12.9. The lowest BCUT2D eigenvalue weighted by molar-refractivity contribution is -0.589. The van der Waals surface area contributed by atoms with Crippen LogP contribution >= 0.6 is 0 Å². The molecule has 0 aliphatic carbocycles. The number of alkyl halides is 14. The van der Waals surface area contributed by atoms with Gasteiger partial charge in [0.2, 0.25) is 0 Å². The Balaban J connectivity index is 3.80. The molecule has 1 heterocycles. The Morgan fingerprint density at radius 2 is 0.636 bits per heavy atom. The monoisotopic (exact) mass is 366 g/mol. The third kappa shape index (κ3) is 2.10. The van der Waals surface area contributed by atoms with Crippen LogP contribution in [0.4, 0.5) is 61.5 Å². The fraction of sp³-hybridized carbons (Fsp3) is 1.00. The molecule has 0 amide bonds. The van der Waals surface area contributed by atoms with Crippen LogP contribution in [0.3, 0.4) is 0 Å². The molecule has 0 aromatic heterocycles. The molecule has 1 saturated heterocycles. The molecular formula is C6F14N2. The van der Waals surface area contributed by atoms with E-state index in [0.29, 0.717) is 0 Å². The molecular weight excluding hydrogens is 366 g/mol. The summed E-state index contributed by atoms with van der Waals surface area (Å²) in [6.07, 6.45) is -14.4. The van der Waals surface area contributed by atoms with E-state index in [1.165, 1.54) is 0 Å². The summed E-state index contributed by atoms with van der Waals surface area (Å²) in [4.78, 5) is 0. The van der Waals surface area contributed by atoms with Crippen LogP contribution in [0.25, 0.3) is 0 Å². The van der Waals surface area contributed by atoms with E-state index in [1.807, 2.05) is 0 Å². The average Bonchev–Trinajstić information content (AvgIpc) is 2.19. The second-order valence-electron chi connectivity index (χ2n) is 3.79. The Morgan fingerprint density at radius 3 is 0.773 bits per heavy atom. The van der Waals surface area contributed by atoms with Crippen molar-refractivity contribution < 1.29 is 61.5 Å². The maximum atomic E-state index is 12.9. The Morgan fingerprint density at radius 1 is 0.455 bits per heavy atom. The van der Waals surface area contributed by atoms with Gasteiger partial charge >= 0.3 is 36.5 Å². The van der Waals surface area contributed by atoms with E-state index in [2.05, 4.69) is 0 Å². The van der Waals surface area contributed by atoms with Gasteiger partial charge in [-0.2, -0.15) is 61.5 Å². The molecule has 1 fully saturated rings. The van der Waals surface area contributed by atoms with Gasteiger partial charge in [-0.05, 0) is 0 Å². The van der Waals surface area contributed by atoms with Crippen LogP contribution in [0, 0.1) is 0 Å². The molecule has 0 radical (unpaired) electrons. The number of halogens is 14. The van der Waals surface area contributed by atoms with Crippen molar-refractivity contribution in [3.63, 3.8) is 0 Å². The molecule has 0 N–H and O–H groups in total. The van der Waals surface area contributed by atoms with Crippen LogP contribution in [-0.2, 0) is 0 Å². The molecule has 0 saturated carbocycles. The van der Waals surface area contributed by atoms with E-state index in [0.717, 1.165) is 0 Å². The van der Waals surface area contributed by atoms with Gasteiger partial charge in [-0.25, -0.2) is 0 Å². The Kier molecular flexibility index (Phi) is 3.68. The summed E-state index contributed by atoms with van der Waals surface area (Å²) in [5.74, 6) is -14.9. The highest BCUT2D eigenvalue weighted by atomic mass is 19.4. The van der Waals surface area contributed by atoms with Crippen molar-refractivity contribution in [3.05, 3.63) is 0 Å². The van der Waals surface area contributed by atoms with Gasteiger partial charge in [0, 0.05) is 0 Å². The smallest absolute Gasteiger partial charge is 0.191 e. The second-order valence-corrected chi connectivity index (χ2v) is 3.79. The molecule has 132 valence electrons. The predicted octanol–water partition coefficient (Wildman–Crippen LogP) is 4.01. The minimum Gasteiger partial charge on any atom is -0.191 e. The molecule has 0 atom stereocenters. The zero-order valence-electron chi connectivity index (χ0n) is 9.19. The summed E-state index contributed by atoms with van der Waals surface area (Å²) < 4.78 is 175. The summed E-state index contributed by atoms with van der Waals surface area (Å²) in [6.45, 7) is 0. The van der Waals surface area contributed by atoms with Gasteiger partial charge in [0.05, 0.1) is 0 Å². The summed E-state index contributed by atoms with van der Waals surface area (Å²) in [7, 11) is 0. The summed E-state index contributed by atoms with van der Waals surface area (Å²) in [5, 5.41) is -7.53. The third-order valence-electron chi connectivity index (χ3n) is 2.36. The van der Waals surface area contributed by atoms with Crippen molar-refractivity contribution in [2.45, 2.75) is 36.5 Å².